The monoisotopic (exact) mass is 496 g/mol. The van der Waals surface area contributed by atoms with Crippen molar-refractivity contribution in [3.8, 4) is 5.69 Å². The number of rotatable bonds is 5. The third-order valence-electron chi connectivity index (χ3n) is 7.06. The first-order valence-electron chi connectivity index (χ1n) is 11.5. The number of hydrogen-bond acceptors (Lipinski definition) is 1. The van der Waals surface area contributed by atoms with Gasteiger partial charge in [0.05, 0.1) is 12.1 Å². The molecule has 9 heteroatoms. The predicted molar refractivity (Wildman–Crippen MR) is 120 cm³/mol. The van der Waals surface area contributed by atoms with E-state index < -0.39 is 41.3 Å². The van der Waals surface area contributed by atoms with Crippen molar-refractivity contribution in [2.24, 2.45) is 5.41 Å². The van der Waals surface area contributed by atoms with Crippen molar-refractivity contribution in [1.29, 1.82) is 0 Å². The lowest BCUT2D eigenvalue weighted by Crippen LogP contribution is -2.27. The molecule has 0 spiro atoms. The zero-order chi connectivity index (χ0) is 25.7. The Morgan fingerprint density at radius 1 is 1.03 bits per heavy atom. The summed E-state index contributed by atoms with van der Waals surface area (Å²) in [6.07, 6.45) is -2.07. The normalized spacial score (nSPS) is 17.8. The molecular formula is C26H26F6N2O. The zero-order valence-corrected chi connectivity index (χ0v) is 19.6. The van der Waals surface area contributed by atoms with Gasteiger partial charge < -0.3 is 0 Å². The van der Waals surface area contributed by atoms with Crippen LogP contribution < -0.4 is 5.56 Å². The third kappa shape index (κ3) is 4.52. The summed E-state index contributed by atoms with van der Waals surface area (Å²) in [6, 6.07) is 5.07. The lowest BCUT2D eigenvalue weighted by molar-refractivity contribution is -0.138. The maximum Gasteiger partial charge on any atom is 0.416 e. The molecule has 0 saturated heterocycles. The molecule has 1 aliphatic rings. The van der Waals surface area contributed by atoms with Crippen LogP contribution in [0.3, 0.4) is 0 Å². The van der Waals surface area contributed by atoms with Gasteiger partial charge in [0, 0.05) is 17.3 Å². The van der Waals surface area contributed by atoms with Crippen molar-refractivity contribution in [2.45, 2.75) is 65.1 Å². The molecule has 0 radical (unpaired) electrons. The van der Waals surface area contributed by atoms with Crippen LogP contribution >= 0.6 is 0 Å². The van der Waals surface area contributed by atoms with E-state index >= 15 is 0 Å². The summed E-state index contributed by atoms with van der Waals surface area (Å²) in [7, 11) is 0. The zero-order valence-electron chi connectivity index (χ0n) is 19.6. The molecule has 3 nitrogen and oxygen atoms in total. The molecule has 0 aliphatic heterocycles. The Balaban J connectivity index is 2.01. The van der Waals surface area contributed by atoms with Crippen LogP contribution in [0.15, 0.2) is 41.2 Å². The molecule has 35 heavy (non-hydrogen) atoms. The van der Waals surface area contributed by atoms with Gasteiger partial charge in [-0.15, -0.1) is 0 Å². The summed E-state index contributed by atoms with van der Waals surface area (Å²) in [5.74, 6) is -3.07. The van der Waals surface area contributed by atoms with E-state index in [1.807, 2.05) is 13.8 Å². The van der Waals surface area contributed by atoms with Crippen LogP contribution in [0, 0.1) is 22.9 Å². The fourth-order valence-corrected chi connectivity index (χ4v) is 5.36. The third-order valence-corrected chi connectivity index (χ3v) is 7.06. The standard InChI is InChI=1S/C26H26F6N2O/c1-4-21-23(18-6-5-11-25(18,2)3)24(35)34(22-10-9-17(28)13-20(22)29)33(21)14-15-7-8-16(27)12-19(15)26(30,31)32/h7-10,12-13,18H,4-6,11,14H2,1-3H3/t18-/m1/s1. The van der Waals surface area contributed by atoms with E-state index in [4.69, 9.17) is 0 Å². The summed E-state index contributed by atoms with van der Waals surface area (Å²) >= 11 is 0. The van der Waals surface area contributed by atoms with Gasteiger partial charge in [0.1, 0.15) is 17.3 Å². The van der Waals surface area contributed by atoms with Crippen LogP contribution in [0.1, 0.15) is 68.3 Å². The average Bonchev–Trinajstić information content (AvgIpc) is 3.23. The fourth-order valence-electron chi connectivity index (χ4n) is 5.36. The topological polar surface area (TPSA) is 26.9 Å². The first-order chi connectivity index (χ1) is 16.3. The Kier molecular flexibility index (Phi) is 6.40. The van der Waals surface area contributed by atoms with Gasteiger partial charge in [0.25, 0.3) is 5.56 Å². The van der Waals surface area contributed by atoms with E-state index in [0.717, 1.165) is 48.2 Å². The van der Waals surface area contributed by atoms with Gasteiger partial charge in [-0.3, -0.25) is 9.48 Å². The van der Waals surface area contributed by atoms with E-state index in [9.17, 15) is 31.1 Å². The second-order valence-corrected chi connectivity index (χ2v) is 9.72. The molecule has 1 saturated carbocycles. The van der Waals surface area contributed by atoms with E-state index in [2.05, 4.69) is 0 Å². The predicted octanol–water partition coefficient (Wildman–Crippen LogP) is 6.98. The molecular weight excluding hydrogens is 470 g/mol. The van der Waals surface area contributed by atoms with Gasteiger partial charge in [0.15, 0.2) is 5.82 Å². The number of hydrogen-bond donors (Lipinski definition) is 0. The fraction of sp³-hybridized carbons (Fsp3) is 0.423. The van der Waals surface area contributed by atoms with Crippen molar-refractivity contribution < 1.29 is 26.3 Å². The van der Waals surface area contributed by atoms with E-state index in [0.29, 0.717) is 29.8 Å². The molecule has 3 aromatic rings. The Morgan fingerprint density at radius 3 is 2.26 bits per heavy atom. The Morgan fingerprint density at radius 2 is 1.69 bits per heavy atom. The largest absolute Gasteiger partial charge is 0.416 e. The van der Waals surface area contributed by atoms with E-state index in [1.165, 1.54) is 4.68 Å². The lowest BCUT2D eigenvalue weighted by atomic mass is 9.77. The number of nitrogens with zero attached hydrogens (tertiary/aromatic N) is 2. The van der Waals surface area contributed by atoms with Crippen molar-refractivity contribution in [3.63, 3.8) is 0 Å². The maximum atomic E-state index is 14.9. The van der Waals surface area contributed by atoms with Crippen molar-refractivity contribution in [2.75, 3.05) is 0 Å². The highest BCUT2D eigenvalue weighted by molar-refractivity contribution is 5.39. The second kappa shape index (κ2) is 8.91. The summed E-state index contributed by atoms with van der Waals surface area (Å²) in [5, 5.41) is 0. The van der Waals surface area contributed by atoms with Gasteiger partial charge in [-0.1, -0.05) is 33.3 Å². The number of alkyl halides is 3. The molecule has 0 N–H and O–H groups in total. The van der Waals surface area contributed by atoms with Crippen molar-refractivity contribution in [1.82, 2.24) is 9.36 Å². The number of benzene rings is 2. The number of halogens is 6. The van der Waals surface area contributed by atoms with Crippen LogP contribution in [-0.2, 0) is 19.1 Å². The minimum atomic E-state index is -4.83. The van der Waals surface area contributed by atoms with Crippen molar-refractivity contribution in [3.05, 3.63) is 86.6 Å². The summed E-state index contributed by atoms with van der Waals surface area (Å²) in [5.41, 5.74) is -1.55. The van der Waals surface area contributed by atoms with E-state index in [1.54, 1.807) is 6.92 Å². The minimum absolute atomic E-state index is 0.170. The molecule has 188 valence electrons. The quantitative estimate of drug-likeness (QED) is 0.350. The molecule has 0 bridgehead atoms. The molecule has 2 aromatic carbocycles. The van der Waals surface area contributed by atoms with Crippen molar-refractivity contribution >= 4 is 0 Å². The Labute approximate surface area is 199 Å². The SMILES string of the molecule is CCc1c([C@H]2CCCC2(C)C)c(=O)n(-c2ccc(F)cc2F)n1Cc1ccc(F)cc1C(F)(F)F. The second-order valence-electron chi connectivity index (χ2n) is 9.72. The molecule has 4 rings (SSSR count). The van der Waals surface area contributed by atoms with Gasteiger partial charge in [-0.25, -0.2) is 17.9 Å². The summed E-state index contributed by atoms with van der Waals surface area (Å²) in [6.45, 7) is 5.39. The molecule has 1 aliphatic carbocycles. The van der Waals surface area contributed by atoms with Crippen LogP contribution in [0.5, 0.6) is 0 Å². The number of aromatic nitrogens is 2. The van der Waals surface area contributed by atoms with Gasteiger partial charge in [-0.2, -0.15) is 13.2 Å². The Hall–Kier alpha value is -2.97. The smallest absolute Gasteiger partial charge is 0.277 e. The molecule has 1 aromatic heterocycles. The molecule has 0 unspecified atom stereocenters. The average molecular weight is 496 g/mol. The summed E-state index contributed by atoms with van der Waals surface area (Å²) < 4.78 is 85.8. The molecule has 0 amide bonds. The lowest BCUT2D eigenvalue weighted by Gasteiger charge is -2.26. The minimum Gasteiger partial charge on any atom is -0.277 e. The highest BCUT2D eigenvalue weighted by Crippen LogP contribution is 2.49. The van der Waals surface area contributed by atoms with Crippen LogP contribution in [0.2, 0.25) is 0 Å². The van der Waals surface area contributed by atoms with E-state index in [-0.39, 0.29) is 22.6 Å². The Bertz CT molecular complexity index is 1320. The first-order valence-corrected chi connectivity index (χ1v) is 11.5. The van der Waals surface area contributed by atoms with Gasteiger partial charge >= 0.3 is 6.18 Å². The van der Waals surface area contributed by atoms with Gasteiger partial charge in [0.2, 0.25) is 0 Å². The molecule has 1 atom stereocenters. The molecule has 1 heterocycles. The first kappa shape index (κ1) is 25.1. The van der Waals surface area contributed by atoms with Gasteiger partial charge in [-0.05, 0) is 60.4 Å². The summed E-state index contributed by atoms with van der Waals surface area (Å²) in [4.78, 5) is 13.8. The molecule has 1 fully saturated rings. The highest BCUT2D eigenvalue weighted by Gasteiger charge is 2.41. The maximum absolute atomic E-state index is 14.9. The van der Waals surface area contributed by atoms with Crippen LogP contribution in [0.25, 0.3) is 5.69 Å². The van der Waals surface area contributed by atoms with Crippen LogP contribution in [-0.4, -0.2) is 9.36 Å². The van der Waals surface area contributed by atoms with Crippen LogP contribution in [0.4, 0.5) is 26.3 Å². The highest BCUT2D eigenvalue weighted by atomic mass is 19.4.